The quantitative estimate of drug-likeness (QED) is 0.357. The fourth-order valence-corrected chi connectivity index (χ4v) is 3.22. The lowest BCUT2D eigenvalue weighted by Gasteiger charge is -2.20. The van der Waals surface area contributed by atoms with E-state index in [1.54, 1.807) is 0 Å². The van der Waals surface area contributed by atoms with E-state index in [1.807, 2.05) is 6.92 Å². The van der Waals surface area contributed by atoms with Gasteiger partial charge in [0, 0.05) is 11.8 Å². The van der Waals surface area contributed by atoms with Gasteiger partial charge >= 0.3 is 13.5 Å². The van der Waals surface area contributed by atoms with Crippen LogP contribution in [0, 0.1) is 0 Å². The number of H-pyrrole nitrogens is 1. The molecule has 0 saturated carbocycles. The highest BCUT2D eigenvalue weighted by Crippen LogP contribution is 2.43. The lowest BCUT2D eigenvalue weighted by molar-refractivity contribution is -0.0550. The number of rotatable bonds is 7. The van der Waals surface area contributed by atoms with Crippen LogP contribution in [0.2, 0.25) is 0 Å². The molecule has 142 valence electrons. The Bertz CT molecular complexity index is 755. The van der Waals surface area contributed by atoms with E-state index in [1.165, 1.54) is 6.20 Å². The molecule has 1 aromatic rings. The molecule has 25 heavy (non-hydrogen) atoms. The van der Waals surface area contributed by atoms with E-state index in [0.29, 0.717) is 18.4 Å². The third kappa shape index (κ3) is 4.64. The first kappa shape index (κ1) is 20.0. The molecule has 5 N–H and O–H groups in total. The molecule has 0 aromatic carbocycles. The van der Waals surface area contributed by atoms with Crippen molar-refractivity contribution in [3.05, 3.63) is 32.6 Å². The molecule has 1 fully saturated rings. The Morgan fingerprint density at radius 2 is 2.08 bits per heavy atom. The molecule has 11 nitrogen and oxygen atoms in total. The number of aromatic nitrogens is 2. The van der Waals surface area contributed by atoms with Crippen LogP contribution in [-0.2, 0) is 20.2 Å². The first-order chi connectivity index (χ1) is 11.7. The summed E-state index contributed by atoms with van der Waals surface area (Å²) >= 11 is 0. The first-order valence-corrected chi connectivity index (χ1v) is 9.23. The van der Waals surface area contributed by atoms with Crippen molar-refractivity contribution in [3.63, 3.8) is 0 Å². The van der Waals surface area contributed by atoms with Crippen LogP contribution >= 0.6 is 7.82 Å². The van der Waals surface area contributed by atoms with Gasteiger partial charge in [0.1, 0.15) is 18.3 Å². The number of ether oxygens (including phenoxy) is 1. The van der Waals surface area contributed by atoms with E-state index in [0.717, 1.165) is 11.0 Å². The molecule has 0 bridgehead atoms. The van der Waals surface area contributed by atoms with Crippen LogP contribution < -0.4 is 11.2 Å². The number of aryl methyl sites for hydroxylation is 1. The van der Waals surface area contributed by atoms with Gasteiger partial charge in [0.25, 0.3) is 5.56 Å². The maximum atomic E-state index is 12.0. The number of phosphoric acid groups is 1. The normalized spacial score (nSPS) is 26.9. The second kappa shape index (κ2) is 7.92. The molecular weight excluding hydrogens is 359 g/mol. The maximum Gasteiger partial charge on any atom is 0.470 e. The molecule has 2 heterocycles. The van der Waals surface area contributed by atoms with E-state index in [2.05, 4.69) is 9.51 Å². The van der Waals surface area contributed by atoms with E-state index in [9.17, 15) is 24.4 Å². The fraction of sp³-hybridized carbons (Fsp3) is 0.692. The second-order valence-electron chi connectivity index (χ2n) is 5.72. The third-order valence-corrected chi connectivity index (χ3v) is 4.38. The van der Waals surface area contributed by atoms with Gasteiger partial charge in [-0.15, -0.1) is 0 Å². The topological polar surface area (TPSA) is 171 Å². The van der Waals surface area contributed by atoms with E-state index in [-0.39, 0.29) is 0 Å². The molecule has 1 saturated heterocycles. The average Bonchev–Trinajstić information content (AvgIpc) is 2.81. The predicted octanol–water partition coefficient (Wildman–Crippen LogP) is -1.39. The maximum absolute atomic E-state index is 12.0. The van der Waals surface area contributed by atoms with Crippen molar-refractivity contribution in [1.29, 1.82) is 0 Å². The molecular formula is C13H21N2O9P. The van der Waals surface area contributed by atoms with Crippen molar-refractivity contribution in [3.8, 4) is 0 Å². The fourth-order valence-electron chi connectivity index (χ4n) is 2.65. The largest absolute Gasteiger partial charge is 0.470 e. The van der Waals surface area contributed by atoms with Crippen LogP contribution in [0.5, 0.6) is 0 Å². The summed E-state index contributed by atoms with van der Waals surface area (Å²) in [5, 5.41) is 19.6. The molecule has 4 atom stereocenters. The molecule has 0 spiro atoms. The zero-order valence-corrected chi connectivity index (χ0v) is 14.3. The van der Waals surface area contributed by atoms with E-state index >= 15 is 0 Å². The van der Waals surface area contributed by atoms with Crippen LogP contribution in [0.25, 0.3) is 0 Å². The Morgan fingerprint density at radius 1 is 1.40 bits per heavy atom. The van der Waals surface area contributed by atoms with Crippen LogP contribution in [0.1, 0.15) is 31.6 Å². The Kier molecular flexibility index (Phi) is 6.33. The highest BCUT2D eigenvalue weighted by molar-refractivity contribution is 7.46. The molecule has 0 radical (unpaired) electrons. The molecule has 12 heteroatoms. The van der Waals surface area contributed by atoms with Crippen LogP contribution in [0.3, 0.4) is 0 Å². The zero-order chi connectivity index (χ0) is 18.8. The number of aliphatic hydroxyl groups excluding tert-OH is 2. The Balaban J connectivity index is 2.36. The highest BCUT2D eigenvalue weighted by Gasteiger charge is 2.48. The minimum atomic E-state index is -4.96. The molecule has 1 aliphatic heterocycles. The van der Waals surface area contributed by atoms with Crippen molar-refractivity contribution < 1.29 is 33.8 Å². The average molecular weight is 380 g/mol. The smallest absolute Gasteiger partial charge is 0.394 e. The standard InChI is InChI=1S/C13H21N2O9P/c1-2-3-4-7-5-15(13(19)14-11(7)18)12-9(17)10(8(6-16)23-12)24-25(20,21)22/h5,8-10,12,16-17H,2-4,6H2,1H3,(H,14,18,19)(H2,20,21,22)/t8-,9-,10-,12-/m1/s1. The summed E-state index contributed by atoms with van der Waals surface area (Å²) in [7, 11) is -4.96. The minimum absolute atomic E-state index is 0.303. The van der Waals surface area contributed by atoms with Crippen molar-refractivity contribution in [2.45, 2.75) is 50.7 Å². The van der Waals surface area contributed by atoms with Crippen molar-refractivity contribution in [1.82, 2.24) is 9.55 Å². The number of aromatic amines is 1. The number of nitrogens with one attached hydrogen (secondary N) is 1. The number of unbranched alkanes of at least 4 members (excludes halogenated alkanes) is 1. The molecule has 0 amide bonds. The van der Waals surface area contributed by atoms with Crippen molar-refractivity contribution >= 4 is 7.82 Å². The Morgan fingerprint density at radius 3 is 2.64 bits per heavy atom. The number of hydrogen-bond acceptors (Lipinski definition) is 7. The number of phosphoric ester groups is 1. The Labute approximate surface area is 142 Å². The molecule has 0 unspecified atom stereocenters. The van der Waals surface area contributed by atoms with Gasteiger partial charge in [0.05, 0.1) is 6.61 Å². The lowest BCUT2D eigenvalue weighted by atomic mass is 10.1. The number of aliphatic hydroxyl groups is 2. The predicted molar refractivity (Wildman–Crippen MR) is 83.9 cm³/mol. The molecule has 1 aliphatic rings. The van der Waals surface area contributed by atoms with E-state index in [4.69, 9.17) is 14.5 Å². The van der Waals surface area contributed by atoms with Gasteiger partial charge in [-0.3, -0.25) is 18.9 Å². The molecule has 1 aromatic heterocycles. The summed E-state index contributed by atoms with van der Waals surface area (Å²) in [5.74, 6) is 0. The number of hydrogen-bond donors (Lipinski definition) is 5. The van der Waals surface area contributed by atoms with Gasteiger partial charge in [-0.2, -0.15) is 0 Å². The van der Waals surface area contributed by atoms with Gasteiger partial charge in [0.15, 0.2) is 6.23 Å². The van der Waals surface area contributed by atoms with Crippen LogP contribution in [0.15, 0.2) is 15.8 Å². The van der Waals surface area contributed by atoms with Crippen molar-refractivity contribution in [2.75, 3.05) is 6.61 Å². The molecule has 2 rings (SSSR count). The second-order valence-corrected chi connectivity index (χ2v) is 6.92. The van der Waals surface area contributed by atoms with E-state index < -0.39 is 50.2 Å². The van der Waals surface area contributed by atoms with Gasteiger partial charge in [-0.25, -0.2) is 9.36 Å². The minimum Gasteiger partial charge on any atom is -0.394 e. The monoisotopic (exact) mass is 380 g/mol. The van der Waals surface area contributed by atoms with Gasteiger partial charge in [-0.05, 0) is 12.8 Å². The zero-order valence-electron chi connectivity index (χ0n) is 13.4. The SMILES string of the molecule is CCCCc1cn([C@@H]2O[C@H](CO)[C@@H](OP(=O)(O)O)[C@H]2O)c(=O)[nH]c1=O. The summed E-state index contributed by atoms with van der Waals surface area (Å²) in [4.78, 5) is 43.8. The van der Waals surface area contributed by atoms with Gasteiger partial charge in [-0.1, -0.05) is 13.3 Å². The lowest BCUT2D eigenvalue weighted by Crippen LogP contribution is -2.39. The summed E-state index contributed by atoms with van der Waals surface area (Å²) in [5.41, 5.74) is -1.11. The first-order valence-electron chi connectivity index (χ1n) is 7.70. The van der Waals surface area contributed by atoms with Gasteiger partial charge in [0.2, 0.25) is 0 Å². The summed E-state index contributed by atoms with van der Waals surface area (Å²) in [6, 6.07) is 0. The number of nitrogens with zero attached hydrogens (tertiary/aromatic N) is 1. The summed E-state index contributed by atoms with van der Waals surface area (Å²) in [6.07, 6.45) is -2.66. The summed E-state index contributed by atoms with van der Waals surface area (Å²) in [6.45, 7) is 1.24. The van der Waals surface area contributed by atoms with Crippen molar-refractivity contribution in [2.24, 2.45) is 0 Å². The van der Waals surface area contributed by atoms with Crippen LogP contribution in [-0.4, -0.2) is 54.5 Å². The highest BCUT2D eigenvalue weighted by atomic mass is 31.2. The Hall–Kier alpha value is -1.33. The van der Waals surface area contributed by atoms with Crippen LogP contribution in [0.4, 0.5) is 0 Å². The molecule has 0 aliphatic carbocycles. The third-order valence-electron chi connectivity index (χ3n) is 3.86. The summed E-state index contributed by atoms with van der Waals surface area (Å²) < 4.78 is 21.7. The van der Waals surface area contributed by atoms with Gasteiger partial charge < -0.3 is 24.7 Å².